The Hall–Kier alpha value is -1.93. The number of aliphatic imine (C=N–C) groups is 1. The smallest absolute Gasteiger partial charge is 0.185 e. The monoisotopic (exact) mass is 424 g/mol. The SMILES string of the molecule is Nc1ncnc2c1N=C(c1ccc(Cl)cc1)CC(c1sc(Cl)nc1Cl)N2. The fourth-order valence-corrected chi connectivity index (χ4v) is 4.30. The number of halogens is 3. The number of thiazole rings is 1. The van der Waals surface area contributed by atoms with Crippen molar-refractivity contribution in [1.29, 1.82) is 0 Å². The van der Waals surface area contributed by atoms with E-state index in [9.17, 15) is 0 Å². The van der Waals surface area contributed by atoms with Crippen LogP contribution < -0.4 is 11.1 Å². The first kappa shape index (κ1) is 17.5. The highest BCUT2D eigenvalue weighted by atomic mass is 35.5. The van der Waals surface area contributed by atoms with E-state index in [1.807, 2.05) is 24.3 Å². The van der Waals surface area contributed by atoms with Crippen molar-refractivity contribution >= 4 is 69.2 Å². The Kier molecular flexibility index (Phi) is 4.71. The van der Waals surface area contributed by atoms with Crippen LogP contribution in [0.1, 0.15) is 22.9 Å². The van der Waals surface area contributed by atoms with Gasteiger partial charge in [0.2, 0.25) is 0 Å². The van der Waals surface area contributed by atoms with Gasteiger partial charge in [0.25, 0.3) is 0 Å². The van der Waals surface area contributed by atoms with Crippen LogP contribution in [-0.4, -0.2) is 20.7 Å². The van der Waals surface area contributed by atoms with Gasteiger partial charge in [0.1, 0.15) is 17.2 Å². The van der Waals surface area contributed by atoms with Gasteiger partial charge in [-0.05, 0) is 17.7 Å². The Morgan fingerprint density at radius 1 is 1.12 bits per heavy atom. The summed E-state index contributed by atoms with van der Waals surface area (Å²) in [5.41, 5.74) is 8.24. The number of nitrogens with two attached hydrogens (primary N) is 1. The fourth-order valence-electron chi connectivity index (χ4n) is 2.68. The minimum absolute atomic E-state index is 0.211. The van der Waals surface area contributed by atoms with Crippen LogP contribution in [-0.2, 0) is 0 Å². The molecule has 3 heterocycles. The summed E-state index contributed by atoms with van der Waals surface area (Å²) in [7, 11) is 0. The Morgan fingerprint density at radius 3 is 2.58 bits per heavy atom. The molecule has 0 radical (unpaired) electrons. The molecule has 0 amide bonds. The van der Waals surface area contributed by atoms with E-state index < -0.39 is 0 Å². The van der Waals surface area contributed by atoms with E-state index in [1.54, 1.807) is 0 Å². The zero-order valence-electron chi connectivity index (χ0n) is 13.1. The van der Waals surface area contributed by atoms with Crippen LogP contribution in [0.3, 0.4) is 0 Å². The largest absolute Gasteiger partial charge is 0.382 e. The van der Waals surface area contributed by atoms with Crippen molar-refractivity contribution in [2.45, 2.75) is 12.5 Å². The van der Waals surface area contributed by atoms with Crippen LogP contribution in [0, 0.1) is 0 Å². The molecular weight excluding hydrogens is 415 g/mol. The van der Waals surface area contributed by atoms with E-state index >= 15 is 0 Å². The predicted molar refractivity (Wildman–Crippen MR) is 107 cm³/mol. The van der Waals surface area contributed by atoms with Crippen LogP contribution in [0.2, 0.25) is 14.6 Å². The van der Waals surface area contributed by atoms with Gasteiger partial charge >= 0.3 is 0 Å². The quantitative estimate of drug-likeness (QED) is 0.592. The molecule has 3 aromatic rings. The molecule has 1 aliphatic heterocycles. The lowest BCUT2D eigenvalue weighted by atomic mass is 10.0. The van der Waals surface area contributed by atoms with Gasteiger partial charge in [0, 0.05) is 11.4 Å². The van der Waals surface area contributed by atoms with Crippen LogP contribution in [0.4, 0.5) is 17.3 Å². The second kappa shape index (κ2) is 7.00. The lowest BCUT2D eigenvalue weighted by Gasteiger charge is -2.16. The van der Waals surface area contributed by atoms with E-state index in [4.69, 9.17) is 45.5 Å². The van der Waals surface area contributed by atoms with Gasteiger partial charge in [-0.1, -0.05) is 46.9 Å². The van der Waals surface area contributed by atoms with Crippen molar-refractivity contribution in [3.8, 4) is 0 Å². The highest BCUT2D eigenvalue weighted by molar-refractivity contribution is 7.16. The number of rotatable bonds is 2. The fraction of sp³-hybridized carbons (Fsp3) is 0.125. The Balaban J connectivity index is 1.85. The van der Waals surface area contributed by atoms with Crippen molar-refractivity contribution in [2.75, 3.05) is 11.1 Å². The Labute approximate surface area is 168 Å². The van der Waals surface area contributed by atoms with Crippen molar-refractivity contribution in [3.63, 3.8) is 0 Å². The highest BCUT2D eigenvalue weighted by Crippen LogP contribution is 2.41. The van der Waals surface area contributed by atoms with Crippen molar-refractivity contribution in [3.05, 3.63) is 55.7 Å². The van der Waals surface area contributed by atoms with Gasteiger partial charge in [-0.15, -0.1) is 11.3 Å². The molecule has 0 saturated carbocycles. The zero-order chi connectivity index (χ0) is 18.3. The third-order valence-electron chi connectivity index (χ3n) is 3.88. The molecule has 1 unspecified atom stereocenters. The van der Waals surface area contributed by atoms with Gasteiger partial charge < -0.3 is 11.1 Å². The number of benzene rings is 1. The molecule has 0 bridgehead atoms. The van der Waals surface area contributed by atoms with E-state index in [-0.39, 0.29) is 6.04 Å². The molecule has 0 aliphatic carbocycles. The van der Waals surface area contributed by atoms with Crippen LogP contribution >= 0.6 is 46.1 Å². The minimum atomic E-state index is -0.211. The number of fused-ring (bicyclic) bond motifs is 1. The lowest BCUT2D eigenvalue weighted by molar-refractivity contribution is 0.837. The van der Waals surface area contributed by atoms with E-state index in [2.05, 4.69) is 20.3 Å². The molecule has 0 spiro atoms. The first-order chi connectivity index (χ1) is 12.5. The normalized spacial score (nSPS) is 16.4. The maximum atomic E-state index is 6.26. The Bertz CT molecular complexity index is 1000. The molecule has 1 atom stereocenters. The summed E-state index contributed by atoms with van der Waals surface area (Å²) >= 11 is 19.6. The predicted octanol–water partition coefficient (Wildman–Crippen LogP) is 5.15. The number of hydrogen-bond acceptors (Lipinski definition) is 7. The van der Waals surface area contributed by atoms with Gasteiger partial charge in [-0.2, -0.15) is 0 Å². The van der Waals surface area contributed by atoms with E-state index in [0.29, 0.717) is 38.4 Å². The summed E-state index contributed by atoms with van der Waals surface area (Å²) in [6.45, 7) is 0. The van der Waals surface area contributed by atoms with Crippen molar-refractivity contribution in [1.82, 2.24) is 15.0 Å². The molecule has 2 aromatic heterocycles. The third-order valence-corrected chi connectivity index (χ3v) is 5.81. The first-order valence-corrected chi connectivity index (χ1v) is 9.48. The van der Waals surface area contributed by atoms with Crippen LogP contribution in [0.25, 0.3) is 0 Å². The third kappa shape index (κ3) is 3.35. The molecule has 3 N–H and O–H groups in total. The van der Waals surface area contributed by atoms with E-state index in [0.717, 1.165) is 16.2 Å². The number of hydrogen-bond donors (Lipinski definition) is 2. The molecule has 10 heteroatoms. The number of aromatic nitrogens is 3. The summed E-state index contributed by atoms with van der Waals surface area (Å²) in [6, 6.07) is 7.23. The first-order valence-electron chi connectivity index (χ1n) is 7.53. The summed E-state index contributed by atoms with van der Waals surface area (Å²) in [5, 5.41) is 4.35. The van der Waals surface area contributed by atoms with Gasteiger partial charge in [-0.25, -0.2) is 19.9 Å². The minimum Gasteiger partial charge on any atom is -0.382 e. The molecule has 0 fully saturated rings. The molecule has 0 saturated heterocycles. The molecule has 1 aromatic carbocycles. The number of nitrogens with one attached hydrogen (secondary N) is 1. The molecule has 26 heavy (non-hydrogen) atoms. The standard InChI is InChI=1S/C16H11Cl3N6S/c17-8-3-1-7(2-4-8)9-5-10(12-13(18)25-16(19)26-12)24-15-11(23-9)14(20)21-6-22-15/h1-4,6,10H,5H2,(H3,20,21,22,24). The molecule has 6 nitrogen and oxygen atoms in total. The van der Waals surface area contributed by atoms with Gasteiger partial charge in [0.05, 0.1) is 16.6 Å². The Morgan fingerprint density at radius 2 is 1.88 bits per heavy atom. The average molecular weight is 426 g/mol. The number of nitrogen functional groups attached to an aromatic ring is 1. The average Bonchev–Trinajstić information content (AvgIpc) is 2.83. The highest BCUT2D eigenvalue weighted by Gasteiger charge is 2.27. The summed E-state index contributed by atoms with van der Waals surface area (Å²) in [5.74, 6) is 0.829. The van der Waals surface area contributed by atoms with Gasteiger partial charge in [0.15, 0.2) is 16.1 Å². The maximum absolute atomic E-state index is 6.26. The topological polar surface area (TPSA) is 89.1 Å². The summed E-state index contributed by atoms with van der Waals surface area (Å²) in [6.07, 6.45) is 1.93. The second-order valence-electron chi connectivity index (χ2n) is 5.54. The summed E-state index contributed by atoms with van der Waals surface area (Å²) < 4.78 is 0.378. The zero-order valence-corrected chi connectivity index (χ0v) is 16.2. The molecule has 4 rings (SSSR count). The van der Waals surface area contributed by atoms with Crippen molar-refractivity contribution in [2.24, 2.45) is 4.99 Å². The van der Waals surface area contributed by atoms with Gasteiger partial charge in [-0.3, -0.25) is 0 Å². The van der Waals surface area contributed by atoms with Crippen molar-refractivity contribution < 1.29 is 0 Å². The maximum Gasteiger partial charge on any atom is 0.185 e. The van der Waals surface area contributed by atoms with Crippen LogP contribution in [0.15, 0.2) is 35.6 Å². The summed E-state index contributed by atoms with van der Waals surface area (Å²) in [4.78, 5) is 17.9. The number of anilines is 2. The second-order valence-corrected chi connectivity index (χ2v) is 7.95. The molecule has 1 aliphatic rings. The van der Waals surface area contributed by atoms with Crippen LogP contribution in [0.5, 0.6) is 0 Å². The lowest BCUT2D eigenvalue weighted by Crippen LogP contribution is -2.14. The molecule has 132 valence electrons. The molecular formula is C16H11Cl3N6S. The van der Waals surface area contributed by atoms with E-state index in [1.165, 1.54) is 17.7 Å². The number of nitrogens with zero attached hydrogens (tertiary/aromatic N) is 4.